The van der Waals surface area contributed by atoms with E-state index in [1.54, 1.807) is 4.90 Å². The largest absolute Gasteiger partial charge is 0.469 e. The Morgan fingerprint density at radius 1 is 0.574 bits per heavy atom. The predicted molar refractivity (Wildman–Crippen MR) is 202 cm³/mol. The van der Waals surface area contributed by atoms with E-state index in [0.717, 1.165) is 16.7 Å². The van der Waals surface area contributed by atoms with Gasteiger partial charge >= 0.3 is 24.2 Å². The van der Waals surface area contributed by atoms with Gasteiger partial charge in [0.25, 0.3) is 0 Å². The second kappa shape index (κ2) is 26.2. The minimum Gasteiger partial charge on any atom is -0.469 e. The summed E-state index contributed by atoms with van der Waals surface area (Å²) >= 11 is 0. The lowest BCUT2D eigenvalue weighted by Crippen LogP contribution is -2.46. The number of hydrogen-bond acceptors (Lipinski definition) is 10. The van der Waals surface area contributed by atoms with E-state index >= 15 is 0 Å². The molecule has 3 rings (SSSR count). The molecule has 3 aromatic rings. The zero-order chi connectivity index (χ0) is 38.6. The number of methoxy groups -OCH3 is 1. The van der Waals surface area contributed by atoms with E-state index in [0.29, 0.717) is 64.8 Å². The van der Waals surface area contributed by atoms with E-state index in [1.165, 1.54) is 7.11 Å². The van der Waals surface area contributed by atoms with E-state index < -0.39 is 24.3 Å². The molecule has 0 aliphatic heterocycles. The smallest absolute Gasteiger partial charge is 0.410 e. The Bertz CT molecular complexity index is 1530. The molecule has 14 heteroatoms. The normalized spacial score (nSPS) is 11.1. The molecule has 0 fully saturated rings. The predicted octanol–water partition coefficient (Wildman–Crippen LogP) is 5.07. The Morgan fingerprint density at radius 2 is 1.06 bits per heavy atom. The molecule has 0 heterocycles. The Balaban J connectivity index is 1.49. The first-order valence-electron chi connectivity index (χ1n) is 18.3. The van der Waals surface area contributed by atoms with Crippen molar-refractivity contribution in [3.8, 4) is 0 Å². The van der Waals surface area contributed by atoms with Crippen LogP contribution in [-0.2, 0) is 48.4 Å². The maximum absolute atomic E-state index is 13.2. The highest BCUT2D eigenvalue weighted by atomic mass is 16.6. The van der Waals surface area contributed by atoms with E-state index in [-0.39, 0.29) is 44.7 Å². The number of rotatable bonds is 24. The van der Waals surface area contributed by atoms with Crippen molar-refractivity contribution in [3.63, 3.8) is 0 Å². The van der Waals surface area contributed by atoms with Crippen LogP contribution in [0.5, 0.6) is 0 Å². The van der Waals surface area contributed by atoms with Crippen LogP contribution in [0.1, 0.15) is 55.2 Å². The van der Waals surface area contributed by atoms with Crippen molar-refractivity contribution in [3.05, 3.63) is 108 Å². The van der Waals surface area contributed by atoms with Gasteiger partial charge in [0.2, 0.25) is 5.91 Å². The fourth-order valence-corrected chi connectivity index (χ4v) is 5.15. The van der Waals surface area contributed by atoms with Crippen molar-refractivity contribution in [1.82, 2.24) is 26.2 Å². The average Bonchev–Trinajstić information content (AvgIpc) is 3.20. The quantitative estimate of drug-likeness (QED) is 0.0551. The Morgan fingerprint density at radius 3 is 1.59 bits per heavy atom. The number of hydrogen-bond donors (Lipinski definition) is 4. The van der Waals surface area contributed by atoms with Crippen molar-refractivity contribution in [2.75, 3.05) is 46.4 Å². The van der Waals surface area contributed by atoms with Crippen LogP contribution in [0.15, 0.2) is 91.0 Å². The molecule has 4 amide bonds. The van der Waals surface area contributed by atoms with Gasteiger partial charge in [-0.15, -0.1) is 0 Å². The number of carbonyl (C=O) groups is 5. The number of amides is 4. The number of benzene rings is 3. The number of nitrogens with one attached hydrogen (secondary N) is 4. The molecule has 0 spiro atoms. The molecule has 4 N–H and O–H groups in total. The third-order valence-corrected chi connectivity index (χ3v) is 8.10. The van der Waals surface area contributed by atoms with Crippen LogP contribution in [0.25, 0.3) is 0 Å². The summed E-state index contributed by atoms with van der Waals surface area (Å²) in [6, 6.07) is 27.5. The Labute approximate surface area is 317 Å². The molecule has 3 aromatic carbocycles. The van der Waals surface area contributed by atoms with Crippen LogP contribution >= 0.6 is 0 Å². The second-order valence-corrected chi connectivity index (χ2v) is 12.3. The van der Waals surface area contributed by atoms with Gasteiger partial charge in [-0.2, -0.15) is 0 Å². The number of nitrogens with zero attached hydrogens (tertiary/aromatic N) is 1. The molecule has 0 radical (unpaired) electrons. The lowest BCUT2D eigenvalue weighted by atomic mass is 10.1. The van der Waals surface area contributed by atoms with E-state index in [2.05, 4.69) is 26.0 Å². The second-order valence-electron chi connectivity index (χ2n) is 12.3. The highest BCUT2D eigenvalue weighted by Gasteiger charge is 2.20. The molecular formula is C40H53N5O9. The first-order valence-corrected chi connectivity index (χ1v) is 18.3. The number of esters is 1. The summed E-state index contributed by atoms with van der Waals surface area (Å²) < 4.78 is 20.8. The molecule has 0 saturated heterocycles. The molecule has 0 aliphatic rings. The number of ether oxygens (including phenoxy) is 4. The maximum atomic E-state index is 13.2. The molecule has 54 heavy (non-hydrogen) atoms. The van der Waals surface area contributed by atoms with E-state index in [4.69, 9.17) is 14.2 Å². The SMILES string of the molecule is COC(=O)CCCNC(=O)C(CCCN(CCCNC(=O)OCc1ccccc1)C(=O)OCc1ccccc1)NCCCNC(=O)OCc1ccccc1. The summed E-state index contributed by atoms with van der Waals surface area (Å²) in [4.78, 5) is 63.8. The molecule has 1 atom stereocenters. The molecular weight excluding hydrogens is 694 g/mol. The van der Waals surface area contributed by atoms with Crippen molar-refractivity contribution < 1.29 is 42.9 Å². The first-order chi connectivity index (χ1) is 26.3. The minimum atomic E-state index is -0.601. The lowest BCUT2D eigenvalue weighted by molar-refractivity contribution is -0.140. The van der Waals surface area contributed by atoms with Crippen LogP contribution < -0.4 is 21.3 Å². The summed E-state index contributed by atoms with van der Waals surface area (Å²) in [5.41, 5.74) is 2.60. The standard InChI is InChI=1S/C40H53N5O9/c1-51-36(46)22-11-23-42-37(47)35(41-24-13-25-43-38(48)52-29-32-15-5-2-6-16-32)21-12-27-45(40(50)54-31-34-19-9-4-10-20-34)28-14-26-44-39(49)53-30-33-17-7-3-8-18-33/h2-10,15-20,35,41H,11-14,21-31H2,1H3,(H,42,47)(H,43,48)(H,44,49). The van der Waals surface area contributed by atoms with Gasteiger partial charge in [0.1, 0.15) is 19.8 Å². The third-order valence-electron chi connectivity index (χ3n) is 8.10. The van der Waals surface area contributed by atoms with Crippen molar-refractivity contribution in [1.29, 1.82) is 0 Å². The third kappa shape index (κ3) is 18.7. The van der Waals surface area contributed by atoms with Gasteiger partial charge in [0, 0.05) is 39.1 Å². The van der Waals surface area contributed by atoms with Crippen molar-refractivity contribution in [2.45, 2.75) is 64.4 Å². The molecule has 0 saturated carbocycles. The van der Waals surface area contributed by atoms with Crippen molar-refractivity contribution >= 4 is 30.2 Å². The Kier molecular flexibility index (Phi) is 20.7. The molecule has 0 aromatic heterocycles. The maximum Gasteiger partial charge on any atom is 0.410 e. The average molecular weight is 748 g/mol. The van der Waals surface area contributed by atoms with Crippen LogP contribution in [0.4, 0.5) is 14.4 Å². The summed E-state index contributed by atoms with van der Waals surface area (Å²) in [5.74, 6) is -0.598. The van der Waals surface area contributed by atoms with Crippen LogP contribution in [0.2, 0.25) is 0 Å². The van der Waals surface area contributed by atoms with Crippen LogP contribution in [0, 0.1) is 0 Å². The van der Waals surface area contributed by atoms with Crippen LogP contribution in [-0.4, -0.2) is 87.5 Å². The summed E-state index contributed by atoms with van der Waals surface area (Å²) in [7, 11) is 1.32. The fourth-order valence-electron chi connectivity index (χ4n) is 5.15. The van der Waals surface area contributed by atoms with Gasteiger partial charge in [0.15, 0.2) is 0 Å². The molecule has 14 nitrogen and oxygen atoms in total. The highest BCUT2D eigenvalue weighted by molar-refractivity contribution is 5.81. The topological polar surface area (TPSA) is 174 Å². The van der Waals surface area contributed by atoms with Gasteiger partial charge < -0.3 is 45.1 Å². The van der Waals surface area contributed by atoms with E-state index in [1.807, 2.05) is 91.0 Å². The zero-order valence-corrected chi connectivity index (χ0v) is 31.0. The monoisotopic (exact) mass is 747 g/mol. The van der Waals surface area contributed by atoms with Gasteiger partial charge in [-0.05, 0) is 55.3 Å². The molecule has 292 valence electrons. The minimum absolute atomic E-state index is 0.103. The van der Waals surface area contributed by atoms with Gasteiger partial charge in [0.05, 0.1) is 13.2 Å². The number of alkyl carbamates (subject to hydrolysis) is 2. The summed E-state index contributed by atoms with van der Waals surface area (Å²) in [6.45, 7) is 2.35. The molecule has 1 unspecified atom stereocenters. The highest BCUT2D eigenvalue weighted by Crippen LogP contribution is 2.08. The summed E-state index contributed by atoms with van der Waals surface area (Å²) in [6.07, 6.45) is 0.851. The van der Waals surface area contributed by atoms with Crippen LogP contribution in [0.3, 0.4) is 0 Å². The fraction of sp³-hybridized carbons (Fsp3) is 0.425. The first kappa shape index (κ1) is 42.8. The van der Waals surface area contributed by atoms with E-state index in [9.17, 15) is 24.0 Å². The summed E-state index contributed by atoms with van der Waals surface area (Å²) in [5, 5.41) is 11.6. The van der Waals surface area contributed by atoms with Crippen molar-refractivity contribution in [2.24, 2.45) is 0 Å². The lowest BCUT2D eigenvalue weighted by Gasteiger charge is -2.24. The zero-order valence-electron chi connectivity index (χ0n) is 31.0. The number of carbonyl (C=O) groups excluding carboxylic acids is 5. The van der Waals surface area contributed by atoms with Gasteiger partial charge in [-0.25, -0.2) is 14.4 Å². The Hall–Kier alpha value is -5.63. The van der Waals surface area contributed by atoms with Gasteiger partial charge in [-0.3, -0.25) is 9.59 Å². The molecule has 0 bridgehead atoms. The van der Waals surface area contributed by atoms with Gasteiger partial charge in [-0.1, -0.05) is 91.0 Å². The molecule has 0 aliphatic carbocycles.